The van der Waals surface area contributed by atoms with E-state index in [1.54, 1.807) is 24.1 Å². The van der Waals surface area contributed by atoms with Crippen molar-refractivity contribution in [2.45, 2.75) is 12.5 Å². The van der Waals surface area contributed by atoms with Crippen LogP contribution in [0.25, 0.3) is 0 Å². The SMILES string of the molecule is CN1C(=O)COCC1Cc1ccccc1O. The number of carbonyl (C=O) groups is 1. The lowest BCUT2D eigenvalue weighted by atomic mass is 10.0. The number of hydrogen-bond acceptors (Lipinski definition) is 3. The van der Waals surface area contributed by atoms with Crippen LogP contribution in [0.2, 0.25) is 0 Å². The van der Waals surface area contributed by atoms with Crippen LogP contribution in [0.1, 0.15) is 5.56 Å². The molecule has 1 heterocycles. The van der Waals surface area contributed by atoms with Crippen LogP contribution in [-0.4, -0.2) is 42.2 Å². The Morgan fingerprint density at radius 2 is 2.25 bits per heavy atom. The Balaban J connectivity index is 2.09. The Morgan fingerprint density at radius 3 is 3.00 bits per heavy atom. The molecular formula is C12H15NO3. The largest absolute Gasteiger partial charge is 0.508 e. The highest BCUT2D eigenvalue weighted by molar-refractivity contribution is 5.78. The van der Waals surface area contributed by atoms with Gasteiger partial charge >= 0.3 is 0 Å². The summed E-state index contributed by atoms with van der Waals surface area (Å²) >= 11 is 0. The number of carbonyl (C=O) groups excluding carboxylic acids is 1. The number of nitrogens with zero attached hydrogens (tertiary/aromatic N) is 1. The molecular weight excluding hydrogens is 206 g/mol. The lowest BCUT2D eigenvalue weighted by molar-refractivity contribution is -0.145. The van der Waals surface area contributed by atoms with Crippen molar-refractivity contribution < 1.29 is 14.6 Å². The van der Waals surface area contributed by atoms with Crippen LogP contribution in [0.5, 0.6) is 5.75 Å². The maximum atomic E-state index is 11.4. The average Bonchev–Trinajstić information content (AvgIpc) is 2.28. The molecule has 1 fully saturated rings. The summed E-state index contributed by atoms with van der Waals surface area (Å²) in [5.74, 6) is 0.264. The zero-order valence-corrected chi connectivity index (χ0v) is 9.22. The highest BCUT2D eigenvalue weighted by Crippen LogP contribution is 2.20. The summed E-state index contributed by atoms with van der Waals surface area (Å²) in [6, 6.07) is 7.18. The number of ether oxygens (including phenoxy) is 1. The topological polar surface area (TPSA) is 49.8 Å². The van der Waals surface area contributed by atoms with E-state index in [0.717, 1.165) is 5.56 Å². The minimum absolute atomic E-state index is 0.00771. The van der Waals surface area contributed by atoms with Gasteiger partial charge in [-0.2, -0.15) is 0 Å². The summed E-state index contributed by atoms with van der Waals surface area (Å²) in [4.78, 5) is 13.1. The van der Waals surface area contributed by atoms with Gasteiger partial charge in [-0.1, -0.05) is 18.2 Å². The lowest BCUT2D eigenvalue weighted by Crippen LogP contribution is -2.47. The average molecular weight is 221 g/mol. The summed E-state index contributed by atoms with van der Waals surface area (Å²) in [6.07, 6.45) is 0.620. The highest BCUT2D eigenvalue weighted by atomic mass is 16.5. The van der Waals surface area contributed by atoms with Gasteiger partial charge in [0, 0.05) is 7.05 Å². The first-order chi connectivity index (χ1) is 7.68. The molecule has 1 atom stereocenters. The fraction of sp³-hybridized carbons (Fsp3) is 0.417. The molecule has 4 nitrogen and oxygen atoms in total. The van der Waals surface area contributed by atoms with Crippen molar-refractivity contribution in [1.82, 2.24) is 4.90 Å². The van der Waals surface area contributed by atoms with Gasteiger partial charge in [0.15, 0.2) is 0 Å². The number of phenols is 1. The van der Waals surface area contributed by atoms with Crippen molar-refractivity contribution in [3.8, 4) is 5.75 Å². The first-order valence-corrected chi connectivity index (χ1v) is 5.29. The van der Waals surface area contributed by atoms with Crippen molar-refractivity contribution in [3.05, 3.63) is 29.8 Å². The predicted octanol–water partition coefficient (Wildman–Crippen LogP) is 0.792. The molecule has 1 aliphatic heterocycles. The zero-order chi connectivity index (χ0) is 11.5. The maximum Gasteiger partial charge on any atom is 0.248 e. The molecule has 1 aromatic carbocycles. The van der Waals surface area contributed by atoms with Crippen molar-refractivity contribution in [2.75, 3.05) is 20.3 Å². The van der Waals surface area contributed by atoms with Gasteiger partial charge in [0.05, 0.1) is 12.6 Å². The van der Waals surface area contributed by atoms with E-state index in [0.29, 0.717) is 13.0 Å². The quantitative estimate of drug-likeness (QED) is 0.803. The molecule has 1 N–H and O–H groups in total. The zero-order valence-electron chi connectivity index (χ0n) is 9.22. The fourth-order valence-corrected chi connectivity index (χ4v) is 1.83. The molecule has 1 amide bonds. The van der Waals surface area contributed by atoms with Crippen molar-refractivity contribution in [2.24, 2.45) is 0 Å². The van der Waals surface area contributed by atoms with Gasteiger partial charge in [0.2, 0.25) is 5.91 Å². The second-order valence-corrected chi connectivity index (χ2v) is 4.01. The summed E-state index contributed by atoms with van der Waals surface area (Å²) in [6.45, 7) is 0.685. The number of amides is 1. The van der Waals surface area contributed by atoms with E-state index in [9.17, 15) is 9.90 Å². The molecule has 1 unspecified atom stereocenters. The minimum atomic E-state index is -0.00771. The second-order valence-electron chi connectivity index (χ2n) is 4.01. The fourth-order valence-electron chi connectivity index (χ4n) is 1.83. The van der Waals surface area contributed by atoms with Gasteiger partial charge in [-0.25, -0.2) is 0 Å². The molecule has 0 radical (unpaired) electrons. The van der Waals surface area contributed by atoms with Crippen molar-refractivity contribution in [1.29, 1.82) is 0 Å². The van der Waals surface area contributed by atoms with Crippen LogP contribution in [0.4, 0.5) is 0 Å². The lowest BCUT2D eigenvalue weighted by Gasteiger charge is -2.32. The van der Waals surface area contributed by atoms with E-state index in [4.69, 9.17) is 4.74 Å². The molecule has 1 aliphatic rings. The van der Waals surface area contributed by atoms with Crippen molar-refractivity contribution >= 4 is 5.91 Å². The Morgan fingerprint density at radius 1 is 1.50 bits per heavy atom. The molecule has 1 saturated heterocycles. The molecule has 0 aliphatic carbocycles. The molecule has 0 spiro atoms. The molecule has 0 bridgehead atoms. The number of rotatable bonds is 2. The van der Waals surface area contributed by atoms with Gasteiger partial charge in [-0.05, 0) is 18.1 Å². The maximum absolute atomic E-state index is 11.4. The minimum Gasteiger partial charge on any atom is -0.508 e. The van der Waals surface area contributed by atoms with Crippen LogP contribution in [0.3, 0.4) is 0 Å². The van der Waals surface area contributed by atoms with E-state index in [2.05, 4.69) is 0 Å². The normalized spacial score (nSPS) is 21.2. The Bertz CT molecular complexity index is 392. The number of para-hydroxylation sites is 1. The molecule has 0 aromatic heterocycles. The van der Waals surface area contributed by atoms with Gasteiger partial charge < -0.3 is 14.7 Å². The number of aromatic hydroxyl groups is 1. The molecule has 2 rings (SSSR count). The number of benzene rings is 1. The van der Waals surface area contributed by atoms with E-state index in [1.807, 2.05) is 12.1 Å². The third kappa shape index (κ3) is 2.17. The Hall–Kier alpha value is -1.55. The number of phenolic OH excluding ortho intramolecular Hbond substituents is 1. The van der Waals surface area contributed by atoms with Crippen LogP contribution < -0.4 is 0 Å². The Labute approximate surface area is 94.4 Å². The molecule has 86 valence electrons. The molecule has 0 saturated carbocycles. The number of hydrogen-bond donors (Lipinski definition) is 1. The van der Waals surface area contributed by atoms with E-state index in [1.165, 1.54) is 0 Å². The van der Waals surface area contributed by atoms with Crippen LogP contribution in [0.15, 0.2) is 24.3 Å². The predicted molar refractivity (Wildman–Crippen MR) is 59.2 cm³/mol. The molecule has 1 aromatic rings. The highest BCUT2D eigenvalue weighted by Gasteiger charge is 2.25. The van der Waals surface area contributed by atoms with E-state index in [-0.39, 0.29) is 24.3 Å². The third-order valence-electron chi connectivity index (χ3n) is 2.92. The number of likely N-dealkylation sites (N-methyl/N-ethyl adjacent to an activating group) is 1. The van der Waals surface area contributed by atoms with E-state index >= 15 is 0 Å². The first kappa shape index (κ1) is 11.0. The third-order valence-corrected chi connectivity index (χ3v) is 2.92. The standard InChI is InChI=1S/C12H15NO3/c1-13-10(7-16-8-12(13)15)6-9-4-2-3-5-11(9)14/h2-5,10,14H,6-8H2,1H3. The van der Waals surface area contributed by atoms with Crippen LogP contribution in [-0.2, 0) is 16.0 Å². The molecule has 4 heteroatoms. The van der Waals surface area contributed by atoms with Gasteiger partial charge in [0.1, 0.15) is 12.4 Å². The van der Waals surface area contributed by atoms with Gasteiger partial charge in [-0.3, -0.25) is 4.79 Å². The number of morpholine rings is 1. The smallest absolute Gasteiger partial charge is 0.248 e. The summed E-state index contributed by atoms with van der Waals surface area (Å²) < 4.78 is 5.20. The first-order valence-electron chi connectivity index (χ1n) is 5.29. The van der Waals surface area contributed by atoms with Gasteiger partial charge in [-0.15, -0.1) is 0 Å². The van der Waals surface area contributed by atoms with E-state index < -0.39 is 0 Å². The monoisotopic (exact) mass is 221 g/mol. The summed E-state index contributed by atoms with van der Waals surface area (Å²) in [5, 5.41) is 9.65. The summed E-state index contributed by atoms with van der Waals surface area (Å²) in [5.41, 5.74) is 0.845. The summed E-state index contributed by atoms with van der Waals surface area (Å²) in [7, 11) is 1.77. The second kappa shape index (κ2) is 4.53. The van der Waals surface area contributed by atoms with Crippen molar-refractivity contribution in [3.63, 3.8) is 0 Å². The Kier molecular flexibility index (Phi) is 3.10. The molecule has 16 heavy (non-hydrogen) atoms. The van der Waals surface area contributed by atoms with Crippen LogP contribution in [0, 0.1) is 0 Å². The van der Waals surface area contributed by atoms with Gasteiger partial charge in [0.25, 0.3) is 0 Å². The van der Waals surface area contributed by atoms with Crippen LogP contribution >= 0.6 is 0 Å².